The molecule has 1 N–H and O–H groups in total. The van der Waals surface area contributed by atoms with Crippen molar-refractivity contribution in [3.05, 3.63) is 0 Å². The summed E-state index contributed by atoms with van der Waals surface area (Å²) in [5.41, 5.74) is 0.00882. The summed E-state index contributed by atoms with van der Waals surface area (Å²) in [6.45, 7) is 11.5. The monoisotopic (exact) mass is 188 g/mol. The third-order valence-electron chi connectivity index (χ3n) is 2.88. The number of hydrogen-bond acceptors (Lipinski definition) is 2. The minimum Gasteiger partial charge on any atom is -0.396 e. The summed E-state index contributed by atoms with van der Waals surface area (Å²) in [6.07, 6.45) is 1.22. The van der Waals surface area contributed by atoms with Crippen molar-refractivity contribution in [2.24, 2.45) is 11.3 Å². The van der Waals surface area contributed by atoms with E-state index in [-0.39, 0.29) is 18.1 Å². The topological polar surface area (TPSA) is 29.5 Å². The Balaban J connectivity index is 3.84. The van der Waals surface area contributed by atoms with E-state index >= 15 is 0 Å². The Kier molecular flexibility index (Phi) is 5.57. The first-order chi connectivity index (χ1) is 5.92. The summed E-state index contributed by atoms with van der Waals surface area (Å²) in [5.74, 6) is 0.494. The summed E-state index contributed by atoms with van der Waals surface area (Å²) >= 11 is 0. The van der Waals surface area contributed by atoms with Crippen LogP contribution in [-0.2, 0) is 4.74 Å². The highest BCUT2D eigenvalue weighted by Gasteiger charge is 2.27. The number of rotatable bonds is 6. The van der Waals surface area contributed by atoms with Crippen molar-refractivity contribution in [3.63, 3.8) is 0 Å². The van der Waals surface area contributed by atoms with E-state index in [1.807, 2.05) is 13.8 Å². The molecule has 0 aromatic rings. The standard InChI is InChI=1S/C11H24O2/c1-9(2)11(5,8-12)6-7-13-10(3)4/h9-10,12H,6-8H2,1-5H3. The van der Waals surface area contributed by atoms with Crippen LogP contribution < -0.4 is 0 Å². The number of ether oxygens (including phenoxy) is 1. The SMILES string of the molecule is CC(C)OCCC(C)(CO)C(C)C. The maximum absolute atomic E-state index is 9.27. The van der Waals surface area contributed by atoms with Crippen molar-refractivity contribution in [3.8, 4) is 0 Å². The molecule has 0 saturated heterocycles. The maximum Gasteiger partial charge on any atom is 0.0518 e. The average Bonchev–Trinajstić information content (AvgIpc) is 2.03. The van der Waals surface area contributed by atoms with Gasteiger partial charge in [0.25, 0.3) is 0 Å². The van der Waals surface area contributed by atoms with E-state index in [9.17, 15) is 5.11 Å². The van der Waals surface area contributed by atoms with Crippen LogP contribution in [-0.4, -0.2) is 24.4 Å². The van der Waals surface area contributed by atoms with Crippen molar-refractivity contribution < 1.29 is 9.84 Å². The van der Waals surface area contributed by atoms with Crippen LogP contribution >= 0.6 is 0 Å². The molecule has 1 unspecified atom stereocenters. The predicted molar refractivity (Wildman–Crippen MR) is 55.7 cm³/mol. The molecule has 0 aromatic carbocycles. The first-order valence-corrected chi connectivity index (χ1v) is 5.15. The van der Waals surface area contributed by atoms with Gasteiger partial charge >= 0.3 is 0 Å². The van der Waals surface area contributed by atoms with Gasteiger partial charge in [0.2, 0.25) is 0 Å². The summed E-state index contributed by atoms with van der Waals surface area (Å²) in [7, 11) is 0. The Hall–Kier alpha value is -0.0800. The van der Waals surface area contributed by atoms with Crippen molar-refractivity contribution >= 4 is 0 Å². The molecule has 0 aliphatic heterocycles. The van der Waals surface area contributed by atoms with Gasteiger partial charge in [-0.25, -0.2) is 0 Å². The molecule has 1 atom stereocenters. The molecule has 0 aliphatic carbocycles. The molecule has 0 aliphatic rings. The van der Waals surface area contributed by atoms with E-state index in [4.69, 9.17) is 4.74 Å². The molecule has 0 rings (SSSR count). The molecule has 2 heteroatoms. The normalized spacial score (nSPS) is 16.6. The van der Waals surface area contributed by atoms with E-state index in [2.05, 4.69) is 20.8 Å². The van der Waals surface area contributed by atoms with Crippen molar-refractivity contribution in [2.45, 2.75) is 47.1 Å². The highest BCUT2D eigenvalue weighted by atomic mass is 16.5. The second-order valence-corrected chi connectivity index (χ2v) is 4.64. The van der Waals surface area contributed by atoms with Gasteiger partial charge in [0.05, 0.1) is 6.10 Å². The molecular weight excluding hydrogens is 164 g/mol. The van der Waals surface area contributed by atoms with Gasteiger partial charge in [-0.15, -0.1) is 0 Å². The zero-order valence-electron chi connectivity index (χ0n) is 9.63. The van der Waals surface area contributed by atoms with Crippen molar-refractivity contribution in [1.82, 2.24) is 0 Å². The van der Waals surface area contributed by atoms with Gasteiger partial charge in [-0.3, -0.25) is 0 Å². The first-order valence-electron chi connectivity index (χ1n) is 5.15. The largest absolute Gasteiger partial charge is 0.396 e. The van der Waals surface area contributed by atoms with Crippen LogP contribution in [0.4, 0.5) is 0 Å². The molecular formula is C11H24O2. The molecule has 2 nitrogen and oxygen atoms in total. The van der Waals surface area contributed by atoms with Crippen molar-refractivity contribution in [1.29, 1.82) is 0 Å². The lowest BCUT2D eigenvalue weighted by molar-refractivity contribution is 0.0175. The quantitative estimate of drug-likeness (QED) is 0.694. The Bertz CT molecular complexity index is 132. The highest BCUT2D eigenvalue weighted by Crippen LogP contribution is 2.30. The molecule has 0 radical (unpaired) electrons. The lowest BCUT2D eigenvalue weighted by Gasteiger charge is -2.31. The predicted octanol–water partition coefficient (Wildman–Crippen LogP) is 2.46. The molecule has 0 aromatic heterocycles. The summed E-state index contributed by atoms with van der Waals surface area (Å²) < 4.78 is 5.48. The molecule has 0 saturated carbocycles. The van der Waals surface area contributed by atoms with Crippen LogP contribution in [0.2, 0.25) is 0 Å². The Morgan fingerprint density at radius 2 is 1.77 bits per heavy atom. The zero-order valence-corrected chi connectivity index (χ0v) is 9.63. The first kappa shape index (κ1) is 12.9. The molecule has 0 fully saturated rings. The smallest absolute Gasteiger partial charge is 0.0518 e. The Labute approximate surface area is 82.3 Å². The van der Waals surface area contributed by atoms with Crippen LogP contribution in [0.15, 0.2) is 0 Å². The Morgan fingerprint density at radius 1 is 1.23 bits per heavy atom. The fourth-order valence-electron chi connectivity index (χ4n) is 1.08. The number of aliphatic hydroxyl groups is 1. The fraction of sp³-hybridized carbons (Fsp3) is 1.00. The maximum atomic E-state index is 9.27. The van der Waals surface area contributed by atoms with Crippen LogP contribution in [0.5, 0.6) is 0 Å². The number of hydrogen-bond donors (Lipinski definition) is 1. The van der Waals surface area contributed by atoms with E-state index in [1.54, 1.807) is 0 Å². The summed E-state index contributed by atoms with van der Waals surface area (Å²) in [5, 5.41) is 9.27. The van der Waals surface area contributed by atoms with Gasteiger partial charge in [-0.2, -0.15) is 0 Å². The summed E-state index contributed by atoms with van der Waals surface area (Å²) in [6, 6.07) is 0. The van der Waals surface area contributed by atoms with E-state index in [1.165, 1.54) is 0 Å². The summed E-state index contributed by atoms with van der Waals surface area (Å²) in [4.78, 5) is 0. The minimum absolute atomic E-state index is 0.00882. The van der Waals surface area contributed by atoms with Crippen LogP contribution in [0.25, 0.3) is 0 Å². The van der Waals surface area contributed by atoms with Gasteiger partial charge in [0, 0.05) is 13.2 Å². The highest BCUT2D eigenvalue weighted by molar-refractivity contribution is 4.76. The lowest BCUT2D eigenvalue weighted by atomic mass is 9.77. The fourth-order valence-corrected chi connectivity index (χ4v) is 1.08. The average molecular weight is 188 g/mol. The van der Waals surface area contributed by atoms with Gasteiger partial charge in [0.1, 0.15) is 0 Å². The third kappa shape index (κ3) is 4.63. The van der Waals surface area contributed by atoms with Gasteiger partial charge in [-0.1, -0.05) is 20.8 Å². The van der Waals surface area contributed by atoms with Crippen LogP contribution in [0.1, 0.15) is 41.0 Å². The zero-order chi connectivity index (χ0) is 10.5. The molecule has 0 heterocycles. The Morgan fingerprint density at radius 3 is 2.08 bits per heavy atom. The second-order valence-electron chi connectivity index (χ2n) is 4.64. The van der Waals surface area contributed by atoms with E-state index in [0.717, 1.165) is 13.0 Å². The molecule has 0 bridgehead atoms. The second kappa shape index (κ2) is 5.61. The van der Waals surface area contributed by atoms with Gasteiger partial charge in [-0.05, 0) is 31.6 Å². The molecule has 0 spiro atoms. The van der Waals surface area contributed by atoms with E-state index < -0.39 is 0 Å². The van der Waals surface area contributed by atoms with Crippen molar-refractivity contribution in [2.75, 3.05) is 13.2 Å². The number of aliphatic hydroxyl groups excluding tert-OH is 1. The van der Waals surface area contributed by atoms with Gasteiger partial charge < -0.3 is 9.84 Å². The van der Waals surface area contributed by atoms with Gasteiger partial charge in [0.15, 0.2) is 0 Å². The van der Waals surface area contributed by atoms with E-state index in [0.29, 0.717) is 5.92 Å². The molecule has 80 valence electrons. The third-order valence-corrected chi connectivity index (χ3v) is 2.88. The van der Waals surface area contributed by atoms with Crippen LogP contribution in [0, 0.1) is 11.3 Å². The minimum atomic E-state index is 0.00882. The van der Waals surface area contributed by atoms with Crippen LogP contribution in [0.3, 0.4) is 0 Å². The lowest BCUT2D eigenvalue weighted by Crippen LogP contribution is -2.29. The molecule has 13 heavy (non-hydrogen) atoms. The molecule has 0 amide bonds.